The second kappa shape index (κ2) is 4.78. The predicted molar refractivity (Wildman–Crippen MR) is 52.8 cm³/mol. The van der Waals surface area contributed by atoms with Gasteiger partial charge in [0.2, 0.25) is 0 Å². The van der Waals surface area contributed by atoms with Gasteiger partial charge in [0.05, 0.1) is 12.2 Å². The fraction of sp³-hybridized carbons (Fsp3) is 0.375. The Labute approximate surface area is 101 Å². The van der Waals surface area contributed by atoms with E-state index in [1.165, 1.54) is 22.6 Å². The largest absolute Gasteiger partial charge is 0.418 e. The third-order valence-corrected chi connectivity index (χ3v) is 2.74. The summed E-state index contributed by atoms with van der Waals surface area (Å²) in [5.74, 6) is 0. The van der Waals surface area contributed by atoms with E-state index in [1.54, 1.807) is 0 Å². The lowest BCUT2D eigenvalue weighted by atomic mass is 10.1. The van der Waals surface area contributed by atoms with Gasteiger partial charge in [-0.2, -0.15) is 13.2 Å². The van der Waals surface area contributed by atoms with Crippen molar-refractivity contribution in [2.24, 2.45) is 0 Å². The van der Waals surface area contributed by atoms with E-state index in [0.717, 1.165) is 6.20 Å². The maximum Gasteiger partial charge on any atom is 0.418 e. The van der Waals surface area contributed by atoms with Crippen LogP contribution in [0.4, 0.5) is 22.0 Å². The fourth-order valence-corrected chi connectivity index (χ4v) is 1.76. The van der Waals surface area contributed by atoms with Crippen molar-refractivity contribution in [1.82, 2.24) is 4.98 Å². The average Bonchev–Trinajstić information content (AvgIpc) is 2.15. The lowest BCUT2D eigenvalue weighted by Crippen LogP contribution is -2.16. The first-order chi connectivity index (χ1) is 7.29. The monoisotopic (exact) mass is 353 g/mol. The van der Waals surface area contributed by atoms with E-state index in [-0.39, 0.29) is 3.57 Å². The minimum absolute atomic E-state index is 0.00294. The van der Waals surface area contributed by atoms with Crippen LogP contribution in [0.1, 0.15) is 23.2 Å². The van der Waals surface area contributed by atoms with Crippen LogP contribution in [0.3, 0.4) is 0 Å². The van der Waals surface area contributed by atoms with Gasteiger partial charge < -0.3 is 5.11 Å². The summed E-state index contributed by atoms with van der Waals surface area (Å²) in [6, 6.07) is 0. The van der Waals surface area contributed by atoms with Crippen LogP contribution < -0.4 is 0 Å². The highest BCUT2D eigenvalue weighted by atomic mass is 127. The molecule has 8 heteroatoms. The van der Waals surface area contributed by atoms with Gasteiger partial charge in [0.1, 0.15) is 5.69 Å². The van der Waals surface area contributed by atoms with Gasteiger partial charge in [-0.05, 0) is 22.6 Å². The summed E-state index contributed by atoms with van der Waals surface area (Å²) in [4.78, 5) is 3.06. The second-order valence-electron chi connectivity index (χ2n) is 2.80. The SMILES string of the molecule is OCc1c(I)cnc(C(F)F)c1C(F)(F)F. The number of alkyl halides is 5. The highest BCUT2D eigenvalue weighted by Crippen LogP contribution is 2.38. The number of aromatic nitrogens is 1. The van der Waals surface area contributed by atoms with Crippen molar-refractivity contribution in [3.05, 3.63) is 26.6 Å². The number of nitrogens with zero attached hydrogens (tertiary/aromatic N) is 1. The van der Waals surface area contributed by atoms with E-state index >= 15 is 0 Å². The summed E-state index contributed by atoms with van der Waals surface area (Å²) in [6.07, 6.45) is -7.42. The molecular formula is C8H5F5INO. The molecule has 0 unspecified atom stereocenters. The molecule has 0 fully saturated rings. The van der Waals surface area contributed by atoms with Gasteiger partial charge in [0.15, 0.2) is 0 Å². The zero-order chi connectivity index (χ0) is 12.5. The van der Waals surface area contributed by atoms with Crippen LogP contribution in [0, 0.1) is 3.57 Å². The van der Waals surface area contributed by atoms with E-state index < -0.39 is 36.0 Å². The Bertz CT molecular complexity index is 393. The lowest BCUT2D eigenvalue weighted by molar-refractivity contribution is -0.141. The summed E-state index contributed by atoms with van der Waals surface area (Å²) in [5, 5.41) is 8.79. The molecule has 0 bridgehead atoms. The minimum atomic E-state index is -4.96. The Hall–Kier alpha value is -0.510. The number of aliphatic hydroxyl groups is 1. The Morgan fingerprint density at radius 3 is 2.31 bits per heavy atom. The summed E-state index contributed by atoms with van der Waals surface area (Å²) in [7, 11) is 0. The maximum absolute atomic E-state index is 12.5. The molecule has 0 aliphatic rings. The molecule has 1 N–H and O–H groups in total. The first kappa shape index (κ1) is 13.6. The van der Waals surface area contributed by atoms with Gasteiger partial charge in [-0.3, -0.25) is 4.98 Å². The van der Waals surface area contributed by atoms with Crippen molar-refractivity contribution in [2.45, 2.75) is 19.2 Å². The van der Waals surface area contributed by atoms with Crippen LogP contribution in [-0.4, -0.2) is 10.1 Å². The molecule has 1 aromatic rings. The molecule has 0 atom stereocenters. The molecule has 1 heterocycles. The summed E-state index contributed by atoms with van der Waals surface area (Å²) < 4.78 is 62.4. The number of rotatable bonds is 2. The van der Waals surface area contributed by atoms with E-state index in [9.17, 15) is 22.0 Å². The number of aliphatic hydroxyl groups excluding tert-OH is 1. The van der Waals surface area contributed by atoms with Crippen LogP contribution in [0.5, 0.6) is 0 Å². The molecule has 0 saturated carbocycles. The molecule has 0 radical (unpaired) electrons. The predicted octanol–water partition coefficient (Wildman–Crippen LogP) is 3.13. The Morgan fingerprint density at radius 2 is 1.94 bits per heavy atom. The van der Waals surface area contributed by atoms with Crippen LogP contribution >= 0.6 is 22.6 Å². The summed E-state index contributed by atoms with van der Waals surface area (Å²) in [6.45, 7) is -0.963. The third kappa shape index (κ3) is 2.59. The molecule has 0 aliphatic heterocycles. The van der Waals surface area contributed by atoms with E-state index in [2.05, 4.69) is 4.98 Å². The molecule has 0 amide bonds. The van der Waals surface area contributed by atoms with Gasteiger partial charge in [0, 0.05) is 15.3 Å². The number of hydrogen-bond donors (Lipinski definition) is 1. The fourth-order valence-electron chi connectivity index (χ4n) is 1.18. The molecule has 16 heavy (non-hydrogen) atoms. The smallest absolute Gasteiger partial charge is 0.392 e. The average molecular weight is 353 g/mol. The second-order valence-corrected chi connectivity index (χ2v) is 3.96. The summed E-state index contributed by atoms with van der Waals surface area (Å²) >= 11 is 1.50. The molecule has 2 nitrogen and oxygen atoms in total. The number of hydrogen-bond acceptors (Lipinski definition) is 2. The quantitative estimate of drug-likeness (QED) is 0.655. The highest BCUT2D eigenvalue weighted by molar-refractivity contribution is 14.1. The van der Waals surface area contributed by atoms with Gasteiger partial charge >= 0.3 is 6.18 Å². The summed E-state index contributed by atoms with van der Waals surface area (Å²) in [5.41, 5.74) is -3.47. The first-order valence-electron chi connectivity index (χ1n) is 3.92. The van der Waals surface area contributed by atoms with Crippen molar-refractivity contribution in [3.63, 3.8) is 0 Å². The molecular weight excluding hydrogens is 348 g/mol. The van der Waals surface area contributed by atoms with Crippen LogP contribution in [0.2, 0.25) is 0 Å². The highest BCUT2D eigenvalue weighted by Gasteiger charge is 2.39. The van der Waals surface area contributed by atoms with Gasteiger partial charge in [-0.1, -0.05) is 0 Å². The zero-order valence-corrected chi connectivity index (χ0v) is 9.68. The number of pyridine rings is 1. The van der Waals surface area contributed by atoms with Crippen LogP contribution in [0.25, 0.3) is 0 Å². The van der Waals surface area contributed by atoms with Gasteiger partial charge in [-0.25, -0.2) is 8.78 Å². The Morgan fingerprint density at radius 1 is 1.38 bits per heavy atom. The van der Waals surface area contributed by atoms with E-state index in [4.69, 9.17) is 5.11 Å². The standard InChI is InChI=1S/C8H5F5INO/c9-7(10)6-5(8(11,12)13)3(2-16)4(14)1-15-6/h1,7,16H,2H2. The molecule has 0 aliphatic carbocycles. The first-order valence-corrected chi connectivity index (χ1v) is 5.00. The normalized spacial score (nSPS) is 12.2. The van der Waals surface area contributed by atoms with Crippen molar-refractivity contribution < 1.29 is 27.1 Å². The Balaban J connectivity index is 3.54. The molecule has 1 aromatic heterocycles. The molecule has 0 aromatic carbocycles. The van der Waals surface area contributed by atoms with Crippen molar-refractivity contribution >= 4 is 22.6 Å². The molecule has 90 valence electrons. The topological polar surface area (TPSA) is 33.1 Å². The zero-order valence-electron chi connectivity index (χ0n) is 7.52. The van der Waals surface area contributed by atoms with E-state index in [0.29, 0.717) is 0 Å². The van der Waals surface area contributed by atoms with Crippen LogP contribution in [0.15, 0.2) is 6.20 Å². The van der Waals surface area contributed by atoms with Crippen molar-refractivity contribution in [3.8, 4) is 0 Å². The van der Waals surface area contributed by atoms with Gasteiger partial charge in [-0.15, -0.1) is 0 Å². The van der Waals surface area contributed by atoms with E-state index in [1.807, 2.05) is 0 Å². The lowest BCUT2D eigenvalue weighted by Gasteiger charge is -2.16. The molecule has 0 spiro atoms. The van der Waals surface area contributed by atoms with Crippen molar-refractivity contribution in [1.29, 1.82) is 0 Å². The third-order valence-electron chi connectivity index (χ3n) is 1.81. The maximum atomic E-state index is 12.5. The molecule has 1 rings (SSSR count). The minimum Gasteiger partial charge on any atom is -0.392 e. The molecule has 0 saturated heterocycles. The Kier molecular flexibility index (Phi) is 4.05. The number of halogens is 6. The van der Waals surface area contributed by atoms with Gasteiger partial charge in [0.25, 0.3) is 6.43 Å². The van der Waals surface area contributed by atoms with Crippen molar-refractivity contribution in [2.75, 3.05) is 0 Å². The van der Waals surface area contributed by atoms with Crippen LogP contribution in [-0.2, 0) is 12.8 Å².